The standard InChI is InChI=1S/C15H20N4/c1-10-6-12(3)13(7-11(10)2)8-17-9-15-18-5-4-14(16)19-15/h4-7,17H,8-9H2,1-3H3,(H2,16,18,19). The van der Waals surface area contributed by atoms with Gasteiger partial charge in [-0.1, -0.05) is 12.1 Å². The summed E-state index contributed by atoms with van der Waals surface area (Å²) in [7, 11) is 0. The number of aryl methyl sites for hydroxylation is 3. The van der Waals surface area contributed by atoms with Crippen LogP contribution in [-0.2, 0) is 13.1 Å². The van der Waals surface area contributed by atoms with Crippen molar-refractivity contribution in [3.8, 4) is 0 Å². The van der Waals surface area contributed by atoms with Crippen molar-refractivity contribution in [2.45, 2.75) is 33.9 Å². The van der Waals surface area contributed by atoms with Crippen LogP contribution in [0.3, 0.4) is 0 Å². The summed E-state index contributed by atoms with van der Waals surface area (Å²) in [6.45, 7) is 7.85. The third-order valence-corrected chi connectivity index (χ3v) is 3.28. The third-order valence-electron chi connectivity index (χ3n) is 3.28. The van der Waals surface area contributed by atoms with E-state index in [9.17, 15) is 0 Å². The molecule has 1 heterocycles. The number of rotatable bonds is 4. The molecule has 100 valence electrons. The molecular weight excluding hydrogens is 236 g/mol. The summed E-state index contributed by atoms with van der Waals surface area (Å²) in [5, 5.41) is 3.35. The Kier molecular flexibility index (Phi) is 4.12. The van der Waals surface area contributed by atoms with Crippen molar-refractivity contribution in [3.05, 3.63) is 52.5 Å². The fraction of sp³-hybridized carbons (Fsp3) is 0.333. The van der Waals surface area contributed by atoms with E-state index in [4.69, 9.17) is 5.73 Å². The van der Waals surface area contributed by atoms with Crippen LogP contribution in [0.1, 0.15) is 28.1 Å². The highest BCUT2D eigenvalue weighted by Crippen LogP contribution is 2.15. The maximum Gasteiger partial charge on any atom is 0.144 e. The van der Waals surface area contributed by atoms with E-state index in [-0.39, 0.29) is 0 Å². The number of nitrogens with zero attached hydrogens (tertiary/aromatic N) is 2. The maximum absolute atomic E-state index is 5.62. The first kappa shape index (κ1) is 13.5. The van der Waals surface area contributed by atoms with E-state index in [0.29, 0.717) is 12.4 Å². The van der Waals surface area contributed by atoms with Crippen molar-refractivity contribution in [2.75, 3.05) is 5.73 Å². The van der Waals surface area contributed by atoms with Gasteiger partial charge in [-0.05, 0) is 49.1 Å². The molecule has 1 aromatic carbocycles. The minimum Gasteiger partial charge on any atom is -0.384 e. The zero-order valence-corrected chi connectivity index (χ0v) is 11.7. The normalized spacial score (nSPS) is 10.7. The van der Waals surface area contributed by atoms with Crippen LogP contribution in [0, 0.1) is 20.8 Å². The molecule has 0 fully saturated rings. The van der Waals surface area contributed by atoms with Crippen LogP contribution in [0.5, 0.6) is 0 Å². The number of hydrogen-bond donors (Lipinski definition) is 2. The van der Waals surface area contributed by atoms with Gasteiger partial charge in [-0.25, -0.2) is 9.97 Å². The van der Waals surface area contributed by atoms with Gasteiger partial charge in [0.1, 0.15) is 11.6 Å². The van der Waals surface area contributed by atoms with Crippen LogP contribution in [-0.4, -0.2) is 9.97 Å². The molecule has 4 heteroatoms. The largest absolute Gasteiger partial charge is 0.384 e. The molecule has 0 spiro atoms. The van der Waals surface area contributed by atoms with Gasteiger partial charge in [0.15, 0.2) is 0 Å². The van der Waals surface area contributed by atoms with Gasteiger partial charge in [-0.3, -0.25) is 0 Å². The fourth-order valence-electron chi connectivity index (χ4n) is 2.02. The number of anilines is 1. The lowest BCUT2D eigenvalue weighted by molar-refractivity contribution is 0.660. The minimum atomic E-state index is 0.508. The molecule has 4 nitrogen and oxygen atoms in total. The highest BCUT2D eigenvalue weighted by atomic mass is 15.0. The molecule has 0 saturated heterocycles. The molecule has 0 unspecified atom stereocenters. The van der Waals surface area contributed by atoms with Gasteiger partial charge in [0.25, 0.3) is 0 Å². The highest BCUT2D eigenvalue weighted by molar-refractivity contribution is 5.36. The maximum atomic E-state index is 5.62. The lowest BCUT2D eigenvalue weighted by Gasteiger charge is -2.10. The molecule has 19 heavy (non-hydrogen) atoms. The predicted octanol–water partition coefficient (Wildman–Crippen LogP) is 2.27. The van der Waals surface area contributed by atoms with Crippen LogP contribution < -0.4 is 11.1 Å². The van der Waals surface area contributed by atoms with Crippen molar-refractivity contribution in [3.63, 3.8) is 0 Å². The van der Waals surface area contributed by atoms with Crippen molar-refractivity contribution in [2.24, 2.45) is 0 Å². The SMILES string of the molecule is Cc1cc(C)c(CNCc2nccc(N)n2)cc1C. The predicted molar refractivity (Wildman–Crippen MR) is 77.6 cm³/mol. The molecule has 0 atom stereocenters. The number of nitrogens with two attached hydrogens (primary N) is 1. The second-order valence-corrected chi connectivity index (χ2v) is 4.86. The summed E-state index contributed by atoms with van der Waals surface area (Å²) in [5.41, 5.74) is 10.9. The van der Waals surface area contributed by atoms with Crippen molar-refractivity contribution >= 4 is 5.82 Å². The summed E-state index contributed by atoms with van der Waals surface area (Å²) in [6.07, 6.45) is 1.68. The first-order valence-electron chi connectivity index (χ1n) is 6.41. The van der Waals surface area contributed by atoms with E-state index in [1.165, 1.54) is 22.3 Å². The van der Waals surface area contributed by atoms with Gasteiger partial charge in [-0.15, -0.1) is 0 Å². The van der Waals surface area contributed by atoms with Crippen molar-refractivity contribution < 1.29 is 0 Å². The Morgan fingerprint density at radius 3 is 2.53 bits per heavy atom. The summed E-state index contributed by atoms with van der Waals surface area (Å²) < 4.78 is 0. The Bertz CT molecular complexity index is 578. The molecule has 2 rings (SSSR count). The van der Waals surface area contributed by atoms with E-state index in [1.807, 2.05) is 0 Å². The quantitative estimate of drug-likeness (QED) is 0.881. The summed E-state index contributed by atoms with van der Waals surface area (Å²) in [4.78, 5) is 8.33. The molecule has 0 amide bonds. The Labute approximate surface area is 114 Å². The van der Waals surface area contributed by atoms with Gasteiger partial charge >= 0.3 is 0 Å². The molecular formula is C15H20N4. The first-order valence-corrected chi connectivity index (χ1v) is 6.41. The third kappa shape index (κ3) is 3.51. The highest BCUT2D eigenvalue weighted by Gasteiger charge is 2.02. The topological polar surface area (TPSA) is 63.8 Å². The summed E-state index contributed by atoms with van der Waals surface area (Å²) >= 11 is 0. The van der Waals surface area contributed by atoms with E-state index in [0.717, 1.165) is 12.4 Å². The van der Waals surface area contributed by atoms with Crippen molar-refractivity contribution in [1.29, 1.82) is 0 Å². The molecule has 0 aliphatic rings. The number of aromatic nitrogens is 2. The van der Waals surface area contributed by atoms with Gasteiger partial charge in [-0.2, -0.15) is 0 Å². The van der Waals surface area contributed by atoms with Crippen LogP contribution >= 0.6 is 0 Å². The molecule has 1 aromatic heterocycles. The minimum absolute atomic E-state index is 0.508. The lowest BCUT2D eigenvalue weighted by Crippen LogP contribution is -2.16. The van der Waals surface area contributed by atoms with E-state index < -0.39 is 0 Å². The number of hydrogen-bond acceptors (Lipinski definition) is 4. The molecule has 2 aromatic rings. The van der Waals surface area contributed by atoms with Crippen LogP contribution in [0.15, 0.2) is 24.4 Å². The zero-order valence-electron chi connectivity index (χ0n) is 11.7. The zero-order chi connectivity index (χ0) is 13.8. The van der Waals surface area contributed by atoms with Gasteiger partial charge < -0.3 is 11.1 Å². The van der Waals surface area contributed by atoms with E-state index in [1.54, 1.807) is 12.3 Å². The average Bonchev–Trinajstić information content (AvgIpc) is 2.35. The Morgan fingerprint density at radius 2 is 1.79 bits per heavy atom. The second-order valence-electron chi connectivity index (χ2n) is 4.86. The van der Waals surface area contributed by atoms with Crippen LogP contribution in [0.4, 0.5) is 5.82 Å². The van der Waals surface area contributed by atoms with Crippen LogP contribution in [0.2, 0.25) is 0 Å². The number of nitrogen functional groups attached to an aromatic ring is 1. The number of benzene rings is 1. The van der Waals surface area contributed by atoms with Crippen LogP contribution in [0.25, 0.3) is 0 Å². The number of nitrogens with one attached hydrogen (secondary N) is 1. The van der Waals surface area contributed by atoms with E-state index in [2.05, 4.69) is 48.2 Å². The molecule has 0 aliphatic heterocycles. The van der Waals surface area contributed by atoms with Gasteiger partial charge in [0.05, 0.1) is 6.54 Å². The smallest absolute Gasteiger partial charge is 0.144 e. The Hall–Kier alpha value is -1.94. The second kappa shape index (κ2) is 5.80. The van der Waals surface area contributed by atoms with Gasteiger partial charge in [0, 0.05) is 12.7 Å². The summed E-state index contributed by atoms with van der Waals surface area (Å²) in [5.74, 6) is 1.23. The fourth-order valence-corrected chi connectivity index (χ4v) is 2.02. The molecule has 0 radical (unpaired) electrons. The van der Waals surface area contributed by atoms with Crippen molar-refractivity contribution in [1.82, 2.24) is 15.3 Å². The molecule has 3 N–H and O–H groups in total. The first-order chi connectivity index (χ1) is 9.06. The Morgan fingerprint density at radius 1 is 1.05 bits per heavy atom. The molecule has 0 saturated carbocycles. The van der Waals surface area contributed by atoms with E-state index >= 15 is 0 Å². The molecule has 0 bridgehead atoms. The lowest BCUT2D eigenvalue weighted by atomic mass is 10.0. The monoisotopic (exact) mass is 256 g/mol. The Balaban J connectivity index is 1.98. The van der Waals surface area contributed by atoms with Gasteiger partial charge in [0.2, 0.25) is 0 Å². The summed E-state index contributed by atoms with van der Waals surface area (Å²) in [6, 6.07) is 6.15. The molecule has 0 aliphatic carbocycles. The average molecular weight is 256 g/mol.